The van der Waals surface area contributed by atoms with Crippen LogP contribution in [-0.4, -0.2) is 24.9 Å². The monoisotopic (exact) mass is 391 g/mol. The number of hydrogen-bond donors (Lipinski definition) is 0. The maximum absolute atomic E-state index is 12.0. The molecule has 0 spiro atoms. The van der Waals surface area contributed by atoms with Crippen LogP contribution in [-0.2, 0) is 0 Å². The third-order valence-corrected chi connectivity index (χ3v) is 6.91. The van der Waals surface area contributed by atoms with Crippen molar-refractivity contribution >= 4 is 5.91 Å². The van der Waals surface area contributed by atoms with E-state index in [1.54, 1.807) is 19.0 Å². The lowest BCUT2D eigenvalue weighted by Gasteiger charge is -2.46. The van der Waals surface area contributed by atoms with Crippen molar-refractivity contribution < 1.29 is 9.53 Å². The summed E-state index contributed by atoms with van der Waals surface area (Å²) < 4.78 is 6.02. The van der Waals surface area contributed by atoms with E-state index in [2.05, 4.69) is 38.1 Å². The molecule has 2 fully saturated rings. The van der Waals surface area contributed by atoms with Gasteiger partial charge in [-0.05, 0) is 97.2 Å². The average molecular weight is 392 g/mol. The molecule has 2 bridgehead atoms. The van der Waals surface area contributed by atoms with Crippen molar-refractivity contribution in [2.45, 2.75) is 45.4 Å². The lowest BCUT2D eigenvalue weighted by molar-refractivity contribution is 0.0827. The van der Waals surface area contributed by atoms with Crippen molar-refractivity contribution in [3.63, 3.8) is 0 Å². The van der Waals surface area contributed by atoms with Crippen LogP contribution in [0.5, 0.6) is 11.5 Å². The van der Waals surface area contributed by atoms with E-state index in [4.69, 9.17) is 4.74 Å². The maximum atomic E-state index is 12.0. The maximum Gasteiger partial charge on any atom is 0.253 e. The third kappa shape index (κ3) is 4.34. The van der Waals surface area contributed by atoms with E-state index >= 15 is 0 Å². The predicted molar refractivity (Wildman–Crippen MR) is 117 cm³/mol. The van der Waals surface area contributed by atoms with E-state index in [-0.39, 0.29) is 5.91 Å². The highest BCUT2D eigenvalue weighted by molar-refractivity contribution is 5.93. The zero-order chi connectivity index (χ0) is 20.5. The summed E-state index contributed by atoms with van der Waals surface area (Å²) in [6.45, 7) is 4.88. The largest absolute Gasteiger partial charge is 0.457 e. The number of ether oxygens (including phenoxy) is 1. The van der Waals surface area contributed by atoms with Crippen molar-refractivity contribution in [3.05, 3.63) is 59.7 Å². The number of hydrogen-bond acceptors (Lipinski definition) is 2. The van der Waals surface area contributed by atoms with Crippen molar-refractivity contribution in [2.24, 2.45) is 23.7 Å². The first-order chi connectivity index (χ1) is 13.9. The minimum Gasteiger partial charge on any atom is -0.457 e. The summed E-state index contributed by atoms with van der Waals surface area (Å²) in [4.78, 5) is 13.6. The van der Waals surface area contributed by atoms with Gasteiger partial charge < -0.3 is 9.64 Å². The fourth-order valence-electron chi connectivity index (χ4n) is 5.84. The zero-order valence-electron chi connectivity index (χ0n) is 18.1. The molecule has 0 aliphatic heterocycles. The number of nitrogens with zero attached hydrogens (tertiary/aromatic N) is 1. The predicted octanol–water partition coefficient (Wildman–Crippen LogP) is 6.36. The van der Waals surface area contributed by atoms with Crippen LogP contribution >= 0.6 is 0 Å². The molecule has 2 aromatic carbocycles. The first kappa shape index (κ1) is 20.0. The highest BCUT2D eigenvalue weighted by Gasteiger charge is 2.40. The number of benzene rings is 2. The van der Waals surface area contributed by atoms with Crippen molar-refractivity contribution in [3.8, 4) is 11.5 Å². The molecule has 0 aromatic heterocycles. The second kappa shape index (κ2) is 8.22. The lowest BCUT2D eigenvalue weighted by atomic mass is 9.59. The van der Waals surface area contributed by atoms with Gasteiger partial charge >= 0.3 is 0 Å². The van der Waals surface area contributed by atoms with Gasteiger partial charge in [0.1, 0.15) is 11.5 Å². The number of amides is 1. The summed E-state index contributed by atoms with van der Waals surface area (Å²) in [5.74, 6) is 5.70. The number of fused-ring (bicyclic) bond motifs is 2. The van der Waals surface area contributed by atoms with E-state index in [9.17, 15) is 4.79 Å². The summed E-state index contributed by atoms with van der Waals surface area (Å²) >= 11 is 0. The van der Waals surface area contributed by atoms with Gasteiger partial charge in [0.05, 0.1) is 0 Å². The fourth-order valence-corrected chi connectivity index (χ4v) is 5.84. The normalized spacial score (nSPS) is 28.6. The number of carbonyl (C=O) groups is 1. The quantitative estimate of drug-likeness (QED) is 0.607. The summed E-state index contributed by atoms with van der Waals surface area (Å²) in [7, 11) is 3.52. The molecule has 5 unspecified atom stereocenters. The van der Waals surface area contributed by atoms with Gasteiger partial charge in [0.25, 0.3) is 5.91 Å². The highest BCUT2D eigenvalue weighted by Crippen LogP contribution is 2.52. The van der Waals surface area contributed by atoms with Gasteiger partial charge in [0.15, 0.2) is 0 Å². The fraction of sp³-hybridized carbons (Fsp3) is 0.500. The Kier molecular flexibility index (Phi) is 5.67. The van der Waals surface area contributed by atoms with Crippen LogP contribution in [0, 0.1) is 23.7 Å². The molecule has 2 aromatic rings. The molecule has 0 N–H and O–H groups in total. The smallest absolute Gasteiger partial charge is 0.253 e. The van der Waals surface area contributed by atoms with Crippen molar-refractivity contribution in [2.75, 3.05) is 14.1 Å². The minimum atomic E-state index is 0.00164. The molecule has 154 valence electrons. The van der Waals surface area contributed by atoms with Crippen LogP contribution in [0.1, 0.15) is 61.4 Å². The van der Waals surface area contributed by atoms with Crippen LogP contribution < -0.4 is 4.74 Å². The molecule has 3 nitrogen and oxygen atoms in total. The van der Waals surface area contributed by atoms with Gasteiger partial charge in [-0.15, -0.1) is 0 Å². The molecule has 3 heteroatoms. The summed E-state index contributed by atoms with van der Waals surface area (Å²) in [5.41, 5.74) is 2.14. The molecule has 0 heterocycles. The summed E-state index contributed by atoms with van der Waals surface area (Å²) in [6.07, 6.45) is 5.60. The van der Waals surface area contributed by atoms with E-state index in [0.717, 1.165) is 35.2 Å². The van der Waals surface area contributed by atoms with E-state index in [0.29, 0.717) is 11.5 Å². The Morgan fingerprint density at radius 3 is 2.10 bits per heavy atom. The molecule has 29 heavy (non-hydrogen) atoms. The molecule has 5 atom stereocenters. The minimum absolute atomic E-state index is 0.00164. The number of carbonyl (C=O) groups excluding carboxylic acids is 1. The Balaban J connectivity index is 1.45. The second-order valence-electron chi connectivity index (χ2n) is 9.57. The Morgan fingerprint density at radius 2 is 1.48 bits per heavy atom. The van der Waals surface area contributed by atoms with E-state index in [1.165, 1.54) is 31.2 Å². The Morgan fingerprint density at radius 1 is 0.862 bits per heavy atom. The lowest BCUT2D eigenvalue weighted by Crippen LogP contribution is -2.35. The second-order valence-corrected chi connectivity index (χ2v) is 9.57. The van der Waals surface area contributed by atoms with Crippen molar-refractivity contribution in [1.82, 2.24) is 4.90 Å². The zero-order valence-corrected chi connectivity index (χ0v) is 18.1. The van der Waals surface area contributed by atoms with Gasteiger partial charge in [0.2, 0.25) is 0 Å². The average Bonchev–Trinajstić information content (AvgIpc) is 2.68. The summed E-state index contributed by atoms with van der Waals surface area (Å²) in [5, 5.41) is 0. The van der Waals surface area contributed by atoms with E-state index in [1.807, 2.05) is 24.3 Å². The van der Waals surface area contributed by atoms with Gasteiger partial charge in [0, 0.05) is 19.7 Å². The number of rotatable bonds is 4. The van der Waals surface area contributed by atoms with Crippen LogP contribution in [0.4, 0.5) is 0 Å². The SMILES string of the molecule is CC1CC2CC(C)C(c3ccc(Oc4ccc(C(=O)N(C)C)cc4)cc3)C(C1)C2. The van der Waals surface area contributed by atoms with Gasteiger partial charge in [-0.25, -0.2) is 0 Å². The van der Waals surface area contributed by atoms with Crippen LogP contribution in [0.25, 0.3) is 0 Å². The molecule has 0 radical (unpaired) electrons. The molecule has 0 saturated heterocycles. The van der Waals surface area contributed by atoms with Crippen LogP contribution in [0.2, 0.25) is 0 Å². The highest BCUT2D eigenvalue weighted by atomic mass is 16.5. The third-order valence-electron chi connectivity index (χ3n) is 6.91. The Labute approximate surface area is 175 Å². The molecule has 2 saturated carbocycles. The topological polar surface area (TPSA) is 29.5 Å². The summed E-state index contributed by atoms with van der Waals surface area (Å²) in [6, 6.07) is 16.1. The van der Waals surface area contributed by atoms with Gasteiger partial charge in [-0.3, -0.25) is 4.79 Å². The molecule has 1 amide bonds. The molecule has 2 aliphatic rings. The first-order valence-electron chi connectivity index (χ1n) is 11.0. The Bertz CT molecular complexity index is 836. The van der Waals surface area contributed by atoms with E-state index < -0.39 is 0 Å². The van der Waals surface area contributed by atoms with Gasteiger partial charge in [-0.2, -0.15) is 0 Å². The molecular formula is C26H33NO2. The standard InChI is InChI=1S/C26H33NO2/c1-17-13-19-15-18(2)25(22(14-17)16-19)20-5-9-23(10-6-20)29-24-11-7-21(8-12-24)26(28)27(3)4/h5-12,17-19,22,25H,13-16H2,1-4H3. The van der Waals surface area contributed by atoms with Crippen LogP contribution in [0.3, 0.4) is 0 Å². The van der Waals surface area contributed by atoms with Crippen LogP contribution in [0.15, 0.2) is 48.5 Å². The molecule has 4 rings (SSSR count). The Hall–Kier alpha value is -2.29. The van der Waals surface area contributed by atoms with Crippen molar-refractivity contribution in [1.29, 1.82) is 0 Å². The first-order valence-corrected chi connectivity index (χ1v) is 11.0. The van der Waals surface area contributed by atoms with Gasteiger partial charge in [-0.1, -0.05) is 26.0 Å². The molecule has 2 aliphatic carbocycles. The molecular weight excluding hydrogens is 358 g/mol.